The molecule has 1 N–H and O–H groups in total. The molecular formula is C23H13Cl2NO4S. The summed E-state index contributed by atoms with van der Waals surface area (Å²) in [6.07, 6.45) is 0. The van der Waals surface area contributed by atoms with Crippen LogP contribution in [0.5, 0.6) is 0 Å². The van der Waals surface area contributed by atoms with E-state index in [0.717, 1.165) is 4.88 Å². The van der Waals surface area contributed by atoms with E-state index >= 15 is 0 Å². The van der Waals surface area contributed by atoms with Gasteiger partial charge in [0.05, 0.1) is 5.57 Å². The molecule has 0 aliphatic carbocycles. The van der Waals surface area contributed by atoms with Crippen molar-refractivity contribution >= 4 is 62.9 Å². The molecule has 8 heteroatoms. The normalized spacial score (nSPS) is 16.5. The topological polar surface area (TPSA) is 70.8 Å². The van der Waals surface area contributed by atoms with Crippen LogP contribution in [0.4, 0.5) is 5.69 Å². The highest BCUT2D eigenvalue weighted by molar-refractivity contribution is 7.10. The molecule has 0 saturated carbocycles. The predicted octanol–water partition coefficient (Wildman–Crippen LogP) is 6.58. The number of carbonyl (C=O) groups is 2. The number of aliphatic hydroxyl groups excluding tert-OH is 1. The van der Waals surface area contributed by atoms with Gasteiger partial charge in [-0.3, -0.25) is 14.5 Å². The number of rotatable bonds is 4. The first-order valence-electron chi connectivity index (χ1n) is 9.23. The van der Waals surface area contributed by atoms with Crippen molar-refractivity contribution in [3.05, 3.63) is 98.1 Å². The van der Waals surface area contributed by atoms with E-state index in [2.05, 4.69) is 0 Å². The molecule has 0 fully saturated rings. The van der Waals surface area contributed by atoms with Gasteiger partial charge in [0, 0.05) is 26.0 Å². The zero-order valence-corrected chi connectivity index (χ0v) is 18.0. The molecule has 0 spiro atoms. The Bertz CT molecular complexity index is 1360. The Morgan fingerprint density at radius 1 is 1.03 bits per heavy atom. The third kappa shape index (κ3) is 3.33. The van der Waals surface area contributed by atoms with E-state index < -0.39 is 23.5 Å². The second-order valence-corrected chi connectivity index (χ2v) is 8.81. The molecule has 1 unspecified atom stereocenters. The predicted molar refractivity (Wildman–Crippen MR) is 121 cm³/mol. The van der Waals surface area contributed by atoms with Crippen molar-refractivity contribution in [3.8, 4) is 0 Å². The molecule has 154 valence electrons. The van der Waals surface area contributed by atoms with Crippen LogP contribution in [0, 0.1) is 0 Å². The fraction of sp³-hybridized carbons (Fsp3) is 0.0435. The third-order valence-electron chi connectivity index (χ3n) is 5.07. The van der Waals surface area contributed by atoms with Crippen LogP contribution >= 0.6 is 34.5 Å². The number of hydrogen-bond donors (Lipinski definition) is 1. The van der Waals surface area contributed by atoms with E-state index in [4.69, 9.17) is 27.6 Å². The molecule has 0 bridgehead atoms. The lowest BCUT2D eigenvalue weighted by molar-refractivity contribution is -0.117. The van der Waals surface area contributed by atoms with Gasteiger partial charge in [0.25, 0.3) is 5.91 Å². The Kier molecular flexibility index (Phi) is 4.85. The molecule has 4 aromatic rings. The highest BCUT2D eigenvalue weighted by Crippen LogP contribution is 2.43. The fourth-order valence-electron chi connectivity index (χ4n) is 3.68. The van der Waals surface area contributed by atoms with E-state index in [-0.39, 0.29) is 11.3 Å². The van der Waals surface area contributed by atoms with Gasteiger partial charge in [0.2, 0.25) is 5.78 Å². The van der Waals surface area contributed by atoms with Gasteiger partial charge in [-0.1, -0.05) is 29.3 Å². The summed E-state index contributed by atoms with van der Waals surface area (Å²) < 4.78 is 5.71. The van der Waals surface area contributed by atoms with Crippen LogP contribution < -0.4 is 4.90 Å². The van der Waals surface area contributed by atoms with Crippen molar-refractivity contribution in [2.45, 2.75) is 6.04 Å². The lowest BCUT2D eigenvalue weighted by atomic mass is 10.00. The number of furan rings is 1. The maximum atomic E-state index is 13.5. The minimum atomic E-state index is -0.794. The van der Waals surface area contributed by atoms with Crippen LogP contribution in [0.25, 0.3) is 11.0 Å². The SMILES string of the molecule is O=C(C1=C(O)C(=O)N(c2ccc(Cl)cc2)C1c1cccs1)c1cc2cc(Cl)ccc2o1. The van der Waals surface area contributed by atoms with E-state index in [1.807, 2.05) is 17.5 Å². The number of benzene rings is 2. The molecule has 0 radical (unpaired) electrons. The summed E-state index contributed by atoms with van der Waals surface area (Å²) >= 11 is 13.4. The van der Waals surface area contributed by atoms with Gasteiger partial charge < -0.3 is 9.52 Å². The highest BCUT2D eigenvalue weighted by atomic mass is 35.5. The Balaban J connectivity index is 1.63. The first-order valence-corrected chi connectivity index (χ1v) is 10.9. The van der Waals surface area contributed by atoms with Gasteiger partial charge in [-0.2, -0.15) is 0 Å². The number of anilines is 1. The largest absolute Gasteiger partial charge is 0.503 e. The lowest BCUT2D eigenvalue weighted by Crippen LogP contribution is -2.30. The van der Waals surface area contributed by atoms with Crippen LogP contribution in [0.15, 0.2) is 81.8 Å². The van der Waals surface area contributed by atoms with Crippen molar-refractivity contribution in [2.24, 2.45) is 0 Å². The van der Waals surface area contributed by atoms with Crippen LogP contribution in [0.1, 0.15) is 21.5 Å². The molecule has 0 saturated heterocycles. The Morgan fingerprint density at radius 2 is 1.77 bits per heavy atom. The monoisotopic (exact) mass is 469 g/mol. The Morgan fingerprint density at radius 3 is 2.48 bits per heavy atom. The molecule has 2 aromatic carbocycles. The summed E-state index contributed by atoms with van der Waals surface area (Å²) in [4.78, 5) is 28.6. The summed E-state index contributed by atoms with van der Waals surface area (Å²) in [5, 5.41) is 14.3. The molecule has 2 aromatic heterocycles. The zero-order chi connectivity index (χ0) is 21.7. The van der Waals surface area contributed by atoms with Crippen molar-refractivity contribution in [2.75, 3.05) is 4.90 Å². The van der Waals surface area contributed by atoms with Crippen LogP contribution in [-0.2, 0) is 4.79 Å². The summed E-state index contributed by atoms with van der Waals surface area (Å²) in [5.41, 5.74) is 0.963. The first-order chi connectivity index (χ1) is 14.9. The number of nitrogens with zero attached hydrogens (tertiary/aromatic N) is 1. The van der Waals surface area contributed by atoms with Gasteiger partial charge in [-0.05, 0) is 60.0 Å². The lowest BCUT2D eigenvalue weighted by Gasteiger charge is -2.25. The number of ketones is 1. The summed E-state index contributed by atoms with van der Waals surface area (Å²) in [5.74, 6) is -1.81. The molecule has 5 rings (SSSR count). The maximum absolute atomic E-state index is 13.5. The standard InChI is InChI=1S/C23H13Cl2NO4S/c24-13-3-6-15(7-4-13)26-20(18-2-1-9-31-18)19(22(28)23(26)29)21(27)17-11-12-10-14(25)5-8-16(12)30-17/h1-11,20,28H. The maximum Gasteiger partial charge on any atom is 0.294 e. The molecule has 1 amide bonds. The molecule has 3 heterocycles. The fourth-order valence-corrected chi connectivity index (χ4v) is 4.81. The number of amides is 1. The molecule has 1 aliphatic rings. The second kappa shape index (κ2) is 7.57. The van der Waals surface area contributed by atoms with Crippen LogP contribution in [0.3, 0.4) is 0 Å². The summed E-state index contributed by atoms with van der Waals surface area (Å²) in [7, 11) is 0. The number of thiophene rings is 1. The van der Waals surface area contributed by atoms with E-state index in [9.17, 15) is 14.7 Å². The highest BCUT2D eigenvalue weighted by Gasteiger charge is 2.45. The quantitative estimate of drug-likeness (QED) is 0.342. The van der Waals surface area contributed by atoms with Crippen molar-refractivity contribution in [3.63, 3.8) is 0 Å². The first kappa shape index (κ1) is 19.9. The van der Waals surface area contributed by atoms with Crippen molar-refractivity contribution in [1.82, 2.24) is 0 Å². The molecule has 5 nitrogen and oxygen atoms in total. The molecular weight excluding hydrogens is 457 g/mol. The van der Waals surface area contributed by atoms with Crippen molar-refractivity contribution < 1.29 is 19.1 Å². The summed E-state index contributed by atoms with van der Waals surface area (Å²) in [6.45, 7) is 0. The minimum Gasteiger partial charge on any atom is -0.503 e. The average molecular weight is 470 g/mol. The number of hydrogen-bond acceptors (Lipinski definition) is 5. The zero-order valence-electron chi connectivity index (χ0n) is 15.7. The van der Waals surface area contributed by atoms with Gasteiger partial charge in [-0.15, -0.1) is 11.3 Å². The molecule has 31 heavy (non-hydrogen) atoms. The smallest absolute Gasteiger partial charge is 0.294 e. The van der Waals surface area contributed by atoms with Gasteiger partial charge in [0.1, 0.15) is 11.6 Å². The molecule has 1 atom stereocenters. The van der Waals surface area contributed by atoms with E-state index in [1.165, 1.54) is 16.2 Å². The van der Waals surface area contributed by atoms with E-state index in [1.54, 1.807) is 48.5 Å². The minimum absolute atomic E-state index is 0.0196. The van der Waals surface area contributed by atoms with Gasteiger partial charge in [0.15, 0.2) is 11.5 Å². The Hall–Kier alpha value is -3.06. The number of halogens is 2. The van der Waals surface area contributed by atoms with Gasteiger partial charge >= 0.3 is 0 Å². The third-order valence-corrected chi connectivity index (χ3v) is 6.48. The number of Topliss-reactive ketones (excluding diaryl/α,β-unsaturated/α-hetero) is 1. The number of aliphatic hydroxyl groups is 1. The number of fused-ring (bicyclic) bond motifs is 1. The van der Waals surface area contributed by atoms with Crippen LogP contribution in [0.2, 0.25) is 10.0 Å². The Labute approximate surface area is 190 Å². The number of carbonyl (C=O) groups excluding carboxylic acids is 2. The van der Waals surface area contributed by atoms with Crippen LogP contribution in [-0.4, -0.2) is 16.8 Å². The summed E-state index contributed by atoms with van der Waals surface area (Å²) in [6, 6.07) is 16.1. The molecule has 1 aliphatic heterocycles. The van der Waals surface area contributed by atoms with Crippen molar-refractivity contribution in [1.29, 1.82) is 0 Å². The van der Waals surface area contributed by atoms with E-state index in [0.29, 0.717) is 26.7 Å². The average Bonchev–Trinajstić information content (AvgIpc) is 3.47. The van der Waals surface area contributed by atoms with Gasteiger partial charge in [-0.25, -0.2) is 0 Å². The second-order valence-electron chi connectivity index (χ2n) is 6.95.